The lowest BCUT2D eigenvalue weighted by molar-refractivity contribution is -0.167. The molecule has 0 bridgehead atoms. The maximum atomic E-state index is 14.3. The predicted molar refractivity (Wildman–Crippen MR) is 134 cm³/mol. The Balaban J connectivity index is 1.72. The highest BCUT2D eigenvalue weighted by Crippen LogP contribution is 2.74. The molecule has 0 radical (unpaired) electrons. The SMILES string of the molecule is C[C@@H]1[C@H]2[C@H]3C(=O)C=C4[C@@]5(C)C=C(C#N)C(=O)C(C)(C)[C@@H]5CC[C@@]4(C)[C@]3(C)CC[C@@]2(C#N)CC[C@H]1C. The Morgan fingerprint density at radius 2 is 1.63 bits per heavy atom. The largest absolute Gasteiger partial charge is 0.295 e. The van der Waals surface area contributed by atoms with Crippen molar-refractivity contribution in [3.05, 3.63) is 23.3 Å². The van der Waals surface area contributed by atoms with Gasteiger partial charge in [0.15, 0.2) is 11.6 Å². The van der Waals surface area contributed by atoms with E-state index >= 15 is 0 Å². The molecule has 0 aliphatic heterocycles. The van der Waals surface area contributed by atoms with Crippen molar-refractivity contribution < 1.29 is 9.59 Å². The van der Waals surface area contributed by atoms with Crippen LogP contribution in [0.25, 0.3) is 0 Å². The molecule has 0 N–H and O–H groups in total. The van der Waals surface area contributed by atoms with Crippen molar-refractivity contribution in [3.63, 3.8) is 0 Å². The molecule has 0 heterocycles. The third kappa shape index (κ3) is 2.72. The summed E-state index contributed by atoms with van der Waals surface area (Å²) < 4.78 is 0. The van der Waals surface area contributed by atoms with E-state index in [9.17, 15) is 20.1 Å². The van der Waals surface area contributed by atoms with Crippen molar-refractivity contribution in [2.45, 2.75) is 87.0 Å². The second kappa shape index (κ2) is 7.18. The Labute approximate surface area is 210 Å². The highest BCUT2D eigenvalue weighted by molar-refractivity contribution is 6.04. The fraction of sp³-hybridized carbons (Fsp3) is 0.742. The van der Waals surface area contributed by atoms with E-state index in [1.165, 1.54) is 0 Å². The van der Waals surface area contributed by atoms with Gasteiger partial charge in [0.1, 0.15) is 6.07 Å². The van der Waals surface area contributed by atoms with Gasteiger partial charge in [-0.05, 0) is 79.1 Å². The van der Waals surface area contributed by atoms with Crippen LogP contribution in [-0.2, 0) is 9.59 Å². The van der Waals surface area contributed by atoms with Crippen LogP contribution in [0.2, 0.25) is 0 Å². The van der Waals surface area contributed by atoms with Gasteiger partial charge >= 0.3 is 0 Å². The van der Waals surface area contributed by atoms with Gasteiger partial charge in [0.2, 0.25) is 0 Å². The second-order valence-electron chi connectivity index (χ2n) is 14.0. The number of hydrogen-bond acceptors (Lipinski definition) is 4. The van der Waals surface area contributed by atoms with Crippen molar-refractivity contribution in [1.82, 2.24) is 0 Å². The Hall–Kier alpha value is -2.20. The van der Waals surface area contributed by atoms with Crippen LogP contribution < -0.4 is 0 Å². The molecule has 0 aromatic heterocycles. The molecule has 5 aliphatic rings. The summed E-state index contributed by atoms with van der Waals surface area (Å²) in [5.74, 6) is 0.931. The standard InChI is InChI=1S/C31H40N2O2/c1-18-8-11-31(17-33)13-12-30(7)25(24(31)19(18)2)21(34)14-23-28(5)15-20(16-32)26(35)27(3,4)22(28)9-10-29(23,30)6/h14-15,18-19,22,24-25H,8-13H2,1-7H3/t18-,19+,22+,24+,25-,28+,29-,30-,31-/m1/s1. The number of carbonyl (C=O) groups excluding carboxylic acids is 2. The number of carbonyl (C=O) groups is 2. The molecule has 0 aromatic carbocycles. The predicted octanol–water partition coefficient (Wildman–Crippen LogP) is 6.59. The Morgan fingerprint density at radius 3 is 2.26 bits per heavy atom. The molecule has 0 amide bonds. The van der Waals surface area contributed by atoms with Gasteiger partial charge in [0.25, 0.3) is 0 Å². The zero-order valence-corrected chi connectivity index (χ0v) is 22.5. The molecular formula is C31H40N2O2. The van der Waals surface area contributed by atoms with E-state index in [4.69, 9.17) is 0 Å². The minimum atomic E-state index is -0.645. The van der Waals surface area contributed by atoms with E-state index in [-0.39, 0.29) is 45.7 Å². The maximum Gasteiger partial charge on any atom is 0.178 e. The minimum Gasteiger partial charge on any atom is -0.295 e. The quantitative estimate of drug-likeness (QED) is 0.398. The molecule has 0 spiro atoms. The highest BCUT2D eigenvalue weighted by atomic mass is 16.1. The molecule has 0 aromatic rings. The number of nitriles is 2. The zero-order chi connectivity index (χ0) is 25.8. The van der Waals surface area contributed by atoms with Gasteiger partial charge in [0, 0.05) is 16.7 Å². The van der Waals surface area contributed by atoms with E-state index in [0.29, 0.717) is 11.8 Å². The molecule has 35 heavy (non-hydrogen) atoms. The first-order valence-corrected chi connectivity index (χ1v) is 13.6. The molecule has 0 saturated heterocycles. The van der Waals surface area contributed by atoms with E-state index in [1.54, 1.807) is 0 Å². The summed E-state index contributed by atoms with van der Waals surface area (Å²) in [7, 11) is 0. The van der Waals surface area contributed by atoms with Crippen LogP contribution in [0.1, 0.15) is 87.0 Å². The van der Waals surface area contributed by atoms with Gasteiger partial charge < -0.3 is 0 Å². The van der Waals surface area contributed by atoms with Crippen LogP contribution in [0.15, 0.2) is 23.3 Å². The van der Waals surface area contributed by atoms with Gasteiger partial charge in [-0.1, -0.05) is 60.1 Å². The van der Waals surface area contributed by atoms with Crippen LogP contribution in [0.4, 0.5) is 0 Å². The van der Waals surface area contributed by atoms with Crippen molar-refractivity contribution in [2.24, 2.45) is 56.7 Å². The van der Waals surface area contributed by atoms with Crippen LogP contribution in [0.3, 0.4) is 0 Å². The summed E-state index contributed by atoms with van der Waals surface area (Å²) in [4.78, 5) is 27.4. The molecule has 9 atom stereocenters. The summed E-state index contributed by atoms with van der Waals surface area (Å²) in [6.45, 7) is 15.4. The topological polar surface area (TPSA) is 81.7 Å². The Morgan fingerprint density at radius 1 is 0.943 bits per heavy atom. The molecule has 186 valence electrons. The fourth-order valence-electron chi connectivity index (χ4n) is 10.0. The van der Waals surface area contributed by atoms with Crippen molar-refractivity contribution in [2.75, 3.05) is 0 Å². The van der Waals surface area contributed by atoms with Gasteiger partial charge in [0.05, 0.1) is 17.1 Å². The summed E-state index contributed by atoms with van der Waals surface area (Å²) in [6.07, 6.45) is 9.35. The number of hydrogen-bond donors (Lipinski definition) is 0. The zero-order valence-electron chi connectivity index (χ0n) is 22.5. The van der Waals surface area contributed by atoms with Crippen LogP contribution >= 0.6 is 0 Å². The van der Waals surface area contributed by atoms with Gasteiger partial charge in [-0.3, -0.25) is 9.59 Å². The van der Waals surface area contributed by atoms with Crippen LogP contribution in [0, 0.1) is 79.3 Å². The first-order chi connectivity index (χ1) is 16.2. The summed E-state index contributed by atoms with van der Waals surface area (Å²) >= 11 is 0. The van der Waals surface area contributed by atoms with E-state index in [2.05, 4.69) is 46.8 Å². The van der Waals surface area contributed by atoms with Gasteiger partial charge in [-0.15, -0.1) is 0 Å². The molecule has 5 rings (SSSR count). The number of rotatable bonds is 0. The van der Waals surface area contributed by atoms with E-state index < -0.39 is 16.2 Å². The number of allylic oxidation sites excluding steroid dienone is 4. The lowest BCUT2D eigenvalue weighted by Crippen LogP contribution is -2.65. The summed E-state index contributed by atoms with van der Waals surface area (Å²) in [6, 6.07) is 4.93. The lowest BCUT2D eigenvalue weighted by Gasteiger charge is -2.68. The molecule has 4 heteroatoms. The Bertz CT molecular complexity index is 1160. The van der Waals surface area contributed by atoms with Crippen LogP contribution in [0.5, 0.6) is 0 Å². The minimum absolute atomic E-state index is 0.0577. The summed E-state index contributed by atoms with van der Waals surface area (Å²) in [5.41, 5.74) is -0.652. The maximum absolute atomic E-state index is 14.3. The number of fused-ring (bicyclic) bond motifs is 7. The monoisotopic (exact) mass is 472 g/mol. The molecular weight excluding hydrogens is 432 g/mol. The Kier molecular flexibility index (Phi) is 5.03. The van der Waals surface area contributed by atoms with Crippen molar-refractivity contribution in [1.29, 1.82) is 10.5 Å². The number of ketones is 2. The number of Topliss-reactive ketones (excluding diaryl/α,β-unsaturated/α-hetero) is 1. The van der Waals surface area contributed by atoms with Gasteiger partial charge in [-0.2, -0.15) is 10.5 Å². The summed E-state index contributed by atoms with van der Waals surface area (Å²) in [5, 5.41) is 20.3. The smallest absolute Gasteiger partial charge is 0.178 e. The molecule has 5 aliphatic carbocycles. The average molecular weight is 473 g/mol. The third-order valence-electron chi connectivity index (χ3n) is 12.5. The first kappa shape index (κ1) is 24.5. The number of nitrogens with zero attached hydrogens (tertiary/aromatic N) is 2. The average Bonchev–Trinajstić information content (AvgIpc) is 2.81. The second-order valence-corrected chi connectivity index (χ2v) is 14.0. The van der Waals surface area contributed by atoms with E-state index in [0.717, 1.165) is 44.1 Å². The van der Waals surface area contributed by atoms with E-state index in [1.807, 2.05) is 26.0 Å². The molecule has 0 unspecified atom stereocenters. The van der Waals surface area contributed by atoms with Crippen molar-refractivity contribution in [3.8, 4) is 12.1 Å². The molecule has 3 saturated carbocycles. The van der Waals surface area contributed by atoms with Crippen molar-refractivity contribution >= 4 is 11.6 Å². The third-order valence-corrected chi connectivity index (χ3v) is 12.5. The highest BCUT2D eigenvalue weighted by Gasteiger charge is 2.70. The van der Waals surface area contributed by atoms with Crippen LogP contribution in [-0.4, -0.2) is 11.6 Å². The molecule has 3 fully saturated rings. The lowest BCUT2D eigenvalue weighted by atomic mass is 9.34. The first-order valence-electron chi connectivity index (χ1n) is 13.6. The molecule has 4 nitrogen and oxygen atoms in total. The fourth-order valence-corrected chi connectivity index (χ4v) is 10.0. The normalized spacial score (nSPS) is 50.3. The van der Waals surface area contributed by atoms with Gasteiger partial charge in [-0.25, -0.2) is 0 Å².